The Hall–Kier alpha value is -4.26. The van der Waals surface area contributed by atoms with Crippen LogP contribution in [0.5, 0.6) is 0 Å². The first-order valence-electron chi connectivity index (χ1n) is 9.42. The number of amides is 1. The molecule has 2 aromatic carbocycles. The highest BCUT2D eigenvalue weighted by Gasteiger charge is 2.21. The second-order valence-corrected chi connectivity index (χ2v) is 6.79. The number of hydrogen-bond acceptors (Lipinski definition) is 5. The number of carbonyl (C=O) groups is 1. The van der Waals surface area contributed by atoms with E-state index in [4.69, 9.17) is 4.52 Å². The highest BCUT2D eigenvalue weighted by Crippen LogP contribution is 2.26. The lowest BCUT2D eigenvalue weighted by Crippen LogP contribution is -2.14. The molecular weight excluding hydrogens is 378 g/mol. The summed E-state index contributed by atoms with van der Waals surface area (Å²) in [6.45, 7) is 1.72. The third-order valence-electron chi connectivity index (χ3n) is 4.84. The summed E-state index contributed by atoms with van der Waals surface area (Å²) in [4.78, 5) is 21.8. The van der Waals surface area contributed by atoms with E-state index < -0.39 is 0 Å². The second kappa shape index (κ2) is 7.29. The molecule has 30 heavy (non-hydrogen) atoms. The van der Waals surface area contributed by atoms with Gasteiger partial charge in [0.15, 0.2) is 0 Å². The van der Waals surface area contributed by atoms with Gasteiger partial charge in [0.1, 0.15) is 29.2 Å². The van der Waals surface area contributed by atoms with E-state index in [9.17, 15) is 4.79 Å². The number of pyridine rings is 1. The zero-order chi connectivity index (χ0) is 20.5. The molecule has 0 bridgehead atoms. The van der Waals surface area contributed by atoms with E-state index in [-0.39, 0.29) is 5.91 Å². The van der Waals surface area contributed by atoms with Gasteiger partial charge < -0.3 is 9.84 Å². The number of nitrogens with one attached hydrogen (secondary N) is 1. The molecule has 1 N–H and O–H groups in total. The summed E-state index contributed by atoms with van der Waals surface area (Å²) in [6.07, 6.45) is 3.35. The van der Waals surface area contributed by atoms with E-state index in [1.54, 1.807) is 25.5 Å². The van der Waals surface area contributed by atoms with Gasteiger partial charge in [-0.3, -0.25) is 9.36 Å². The van der Waals surface area contributed by atoms with Crippen LogP contribution in [-0.2, 0) is 0 Å². The van der Waals surface area contributed by atoms with Crippen LogP contribution >= 0.6 is 0 Å². The van der Waals surface area contributed by atoms with Gasteiger partial charge in [-0.25, -0.2) is 9.97 Å². The molecule has 0 aliphatic carbocycles. The summed E-state index contributed by atoms with van der Waals surface area (Å²) in [5.41, 5.74) is 4.18. The van der Waals surface area contributed by atoms with Gasteiger partial charge in [-0.05, 0) is 31.2 Å². The van der Waals surface area contributed by atoms with Crippen LogP contribution in [0, 0.1) is 6.92 Å². The van der Waals surface area contributed by atoms with Crippen LogP contribution < -0.4 is 5.32 Å². The number of anilines is 1. The SMILES string of the molecule is Cc1onc(-c2ccccc2)c1C(=O)Nc1ccc(-n2cnc3ccccc32)nc1. The van der Waals surface area contributed by atoms with E-state index in [1.807, 2.05) is 65.2 Å². The molecule has 0 spiro atoms. The highest BCUT2D eigenvalue weighted by molar-refractivity contribution is 6.08. The average molecular weight is 395 g/mol. The minimum absolute atomic E-state index is 0.296. The van der Waals surface area contributed by atoms with Gasteiger partial charge in [-0.15, -0.1) is 0 Å². The molecule has 5 aromatic rings. The van der Waals surface area contributed by atoms with Crippen molar-refractivity contribution in [2.45, 2.75) is 6.92 Å². The Kier molecular flexibility index (Phi) is 4.33. The third-order valence-corrected chi connectivity index (χ3v) is 4.84. The predicted octanol–water partition coefficient (Wildman–Crippen LogP) is 4.64. The maximum atomic E-state index is 12.9. The quantitative estimate of drug-likeness (QED) is 0.479. The van der Waals surface area contributed by atoms with E-state index in [1.165, 1.54) is 0 Å². The predicted molar refractivity (Wildman–Crippen MR) is 113 cm³/mol. The van der Waals surface area contributed by atoms with Crippen molar-refractivity contribution >= 4 is 22.6 Å². The van der Waals surface area contributed by atoms with Crippen LogP contribution in [0.15, 0.2) is 83.8 Å². The van der Waals surface area contributed by atoms with Crippen LogP contribution in [0.2, 0.25) is 0 Å². The molecule has 0 fully saturated rings. The zero-order valence-electron chi connectivity index (χ0n) is 16.1. The minimum Gasteiger partial charge on any atom is -0.360 e. The normalized spacial score (nSPS) is 11.0. The summed E-state index contributed by atoms with van der Waals surface area (Å²) < 4.78 is 7.18. The number of carbonyl (C=O) groups excluding carboxylic acids is 1. The lowest BCUT2D eigenvalue weighted by Gasteiger charge is -2.07. The van der Waals surface area contributed by atoms with E-state index in [0.717, 1.165) is 16.6 Å². The first-order chi connectivity index (χ1) is 14.7. The lowest BCUT2D eigenvalue weighted by atomic mass is 10.1. The molecule has 0 unspecified atom stereocenters. The average Bonchev–Trinajstić information content (AvgIpc) is 3.39. The summed E-state index contributed by atoms with van der Waals surface area (Å²) in [7, 11) is 0. The van der Waals surface area contributed by atoms with E-state index >= 15 is 0 Å². The Balaban J connectivity index is 1.41. The van der Waals surface area contributed by atoms with Crippen LogP contribution in [0.1, 0.15) is 16.1 Å². The van der Waals surface area contributed by atoms with Crippen molar-refractivity contribution in [3.8, 4) is 17.1 Å². The number of hydrogen-bond donors (Lipinski definition) is 1. The Labute approximate surface area is 172 Å². The number of aromatic nitrogens is 4. The first-order valence-corrected chi connectivity index (χ1v) is 9.42. The number of rotatable bonds is 4. The standard InChI is InChI=1S/C23H17N5O2/c1-15-21(22(27-30-15)16-7-3-2-4-8-16)23(29)26-17-11-12-20(24-13-17)28-14-25-18-9-5-6-10-19(18)28/h2-14H,1H3,(H,26,29). The highest BCUT2D eigenvalue weighted by atomic mass is 16.5. The Morgan fingerprint density at radius 1 is 0.967 bits per heavy atom. The fourth-order valence-corrected chi connectivity index (χ4v) is 3.37. The van der Waals surface area contributed by atoms with Crippen LogP contribution in [0.25, 0.3) is 28.1 Å². The van der Waals surface area contributed by atoms with Crippen molar-refractivity contribution in [3.63, 3.8) is 0 Å². The first kappa shape index (κ1) is 17.8. The number of nitrogens with zero attached hydrogens (tertiary/aromatic N) is 4. The van der Waals surface area contributed by atoms with Crippen molar-refractivity contribution in [1.29, 1.82) is 0 Å². The van der Waals surface area contributed by atoms with Gasteiger partial charge in [0.2, 0.25) is 0 Å². The molecule has 0 radical (unpaired) electrons. The van der Waals surface area contributed by atoms with Gasteiger partial charge in [0, 0.05) is 5.56 Å². The van der Waals surface area contributed by atoms with Crippen molar-refractivity contribution in [2.24, 2.45) is 0 Å². The van der Waals surface area contributed by atoms with E-state index in [2.05, 4.69) is 20.4 Å². The molecule has 0 saturated heterocycles. The largest absolute Gasteiger partial charge is 0.360 e. The van der Waals surface area contributed by atoms with Gasteiger partial charge in [-0.2, -0.15) is 0 Å². The maximum absolute atomic E-state index is 12.9. The molecule has 1 amide bonds. The Morgan fingerprint density at radius 2 is 1.77 bits per heavy atom. The summed E-state index contributed by atoms with van der Waals surface area (Å²) >= 11 is 0. The zero-order valence-corrected chi connectivity index (χ0v) is 16.1. The molecule has 7 heteroatoms. The van der Waals surface area contributed by atoms with Crippen molar-refractivity contribution < 1.29 is 9.32 Å². The molecule has 146 valence electrons. The summed E-state index contributed by atoms with van der Waals surface area (Å²) in [6, 6.07) is 21.0. The monoisotopic (exact) mass is 395 g/mol. The topological polar surface area (TPSA) is 85.8 Å². The fourth-order valence-electron chi connectivity index (χ4n) is 3.37. The molecule has 0 aliphatic heterocycles. The molecule has 0 atom stereocenters. The van der Waals surface area contributed by atoms with Crippen LogP contribution in [-0.4, -0.2) is 25.6 Å². The summed E-state index contributed by atoms with van der Waals surface area (Å²) in [5, 5.41) is 6.94. The van der Waals surface area contributed by atoms with E-state index in [0.29, 0.717) is 28.5 Å². The molecule has 3 heterocycles. The van der Waals surface area contributed by atoms with Crippen LogP contribution in [0.3, 0.4) is 0 Å². The third kappa shape index (κ3) is 3.12. The van der Waals surface area contributed by atoms with Gasteiger partial charge in [-0.1, -0.05) is 47.6 Å². The summed E-state index contributed by atoms with van der Waals surface area (Å²) in [5.74, 6) is 0.879. The molecule has 5 rings (SSSR count). The number of imidazole rings is 1. The lowest BCUT2D eigenvalue weighted by molar-refractivity contribution is 0.102. The van der Waals surface area contributed by atoms with Gasteiger partial charge in [0.25, 0.3) is 5.91 Å². The molecule has 7 nitrogen and oxygen atoms in total. The molecule has 0 saturated carbocycles. The minimum atomic E-state index is -0.296. The Morgan fingerprint density at radius 3 is 2.57 bits per heavy atom. The smallest absolute Gasteiger partial charge is 0.261 e. The molecule has 0 aliphatic rings. The maximum Gasteiger partial charge on any atom is 0.261 e. The molecule has 3 aromatic heterocycles. The number of para-hydroxylation sites is 2. The van der Waals surface area contributed by atoms with Gasteiger partial charge >= 0.3 is 0 Å². The molecular formula is C23H17N5O2. The second-order valence-electron chi connectivity index (χ2n) is 6.79. The van der Waals surface area contributed by atoms with Crippen molar-refractivity contribution in [2.75, 3.05) is 5.32 Å². The van der Waals surface area contributed by atoms with Crippen LogP contribution in [0.4, 0.5) is 5.69 Å². The number of aryl methyl sites for hydroxylation is 1. The number of fused-ring (bicyclic) bond motifs is 1. The van der Waals surface area contributed by atoms with Gasteiger partial charge in [0.05, 0.1) is 22.9 Å². The van der Waals surface area contributed by atoms with Crippen molar-refractivity contribution in [3.05, 3.63) is 90.6 Å². The van der Waals surface area contributed by atoms with Crippen molar-refractivity contribution in [1.82, 2.24) is 19.7 Å². The fraction of sp³-hybridized carbons (Fsp3) is 0.0435. The number of benzene rings is 2. The Bertz CT molecular complexity index is 1340.